The van der Waals surface area contributed by atoms with E-state index in [9.17, 15) is 4.79 Å². The predicted molar refractivity (Wildman–Crippen MR) is 78.2 cm³/mol. The van der Waals surface area contributed by atoms with Crippen LogP contribution in [0.4, 0.5) is 0 Å². The summed E-state index contributed by atoms with van der Waals surface area (Å²) in [7, 11) is 0. The van der Waals surface area contributed by atoms with Crippen molar-refractivity contribution in [2.24, 2.45) is 5.41 Å². The molecule has 1 heteroatoms. The maximum atomic E-state index is 11.5. The van der Waals surface area contributed by atoms with Crippen LogP contribution in [0, 0.1) is 5.41 Å². The first kappa shape index (κ1) is 18.5. The fraction of sp³-hybridized carbons (Fsp3) is 0.688. The standard InChI is InChI=1S/C12H18O.2C2H6/c1-5-6-10-9(2)11(13)7-8-12(10,3)4;2*1-2/h5-6H,7-8H2,1-4H3;2*1-2H3/b6-5+;;. The normalized spacial score (nSPS) is 18.2. The molecule has 0 spiro atoms. The molecular formula is C16H30O. The largest absolute Gasteiger partial charge is 0.295 e. The summed E-state index contributed by atoms with van der Waals surface area (Å²) >= 11 is 0. The lowest BCUT2D eigenvalue weighted by Gasteiger charge is -2.31. The molecule has 0 amide bonds. The van der Waals surface area contributed by atoms with E-state index in [1.54, 1.807) is 0 Å². The van der Waals surface area contributed by atoms with Crippen LogP contribution in [0.15, 0.2) is 23.3 Å². The van der Waals surface area contributed by atoms with E-state index in [2.05, 4.69) is 19.9 Å². The van der Waals surface area contributed by atoms with Gasteiger partial charge in [-0.2, -0.15) is 0 Å². The molecule has 0 fully saturated rings. The van der Waals surface area contributed by atoms with Crippen LogP contribution >= 0.6 is 0 Å². The molecule has 0 N–H and O–H groups in total. The minimum atomic E-state index is 0.171. The smallest absolute Gasteiger partial charge is 0.158 e. The number of carbonyl (C=O) groups is 1. The zero-order chi connectivity index (χ0) is 14.1. The Bertz CT molecular complexity index is 280. The molecule has 1 rings (SSSR count). The van der Waals surface area contributed by atoms with Crippen molar-refractivity contribution >= 4 is 5.78 Å². The summed E-state index contributed by atoms with van der Waals surface area (Å²) in [6, 6.07) is 0. The molecule has 0 aromatic rings. The Balaban J connectivity index is 0. The van der Waals surface area contributed by atoms with E-state index in [-0.39, 0.29) is 5.41 Å². The van der Waals surface area contributed by atoms with Gasteiger partial charge in [0.05, 0.1) is 0 Å². The second-order valence-electron chi connectivity index (χ2n) is 4.35. The van der Waals surface area contributed by atoms with Crippen LogP contribution in [-0.4, -0.2) is 5.78 Å². The molecule has 0 aliphatic heterocycles. The third-order valence-electron chi connectivity index (χ3n) is 2.86. The van der Waals surface area contributed by atoms with Crippen molar-refractivity contribution in [1.82, 2.24) is 0 Å². The first-order chi connectivity index (χ1) is 7.99. The molecule has 0 saturated carbocycles. The van der Waals surface area contributed by atoms with Crippen molar-refractivity contribution in [2.75, 3.05) is 0 Å². The lowest BCUT2D eigenvalue weighted by atomic mass is 9.72. The topological polar surface area (TPSA) is 17.1 Å². The molecule has 100 valence electrons. The Kier molecular flexibility index (Phi) is 10.0. The van der Waals surface area contributed by atoms with E-state index in [1.165, 1.54) is 5.57 Å². The van der Waals surface area contributed by atoms with Crippen molar-refractivity contribution < 1.29 is 4.79 Å². The third kappa shape index (κ3) is 5.34. The van der Waals surface area contributed by atoms with Crippen LogP contribution < -0.4 is 0 Å². The van der Waals surface area contributed by atoms with Crippen LogP contribution in [0.2, 0.25) is 0 Å². The molecule has 0 bridgehead atoms. The minimum Gasteiger partial charge on any atom is -0.295 e. The van der Waals surface area contributed by atoms with Crippen LogP contribution in [0.3, 0.4) is 0 Å². The Morgan fingerprint density at radius 2 is 1.59 bits per heavy atom. The molecule has 1 aliphatic rings. The zero-order valence-electron chi connectivity index (χ0n) is 13.0. The minimum absolute atomic E-state index is 0.171. The van der Waals surface area contributed by atoms with Crippen LogP contribution in [0.25, 0.3) is 0 Å². The average Bonchev–Trinajstić information content (AvgIpc) is 2.35. The van der Waals surface area contributed by atoms with Gasteiger partial charge in [0.2, 0.25) is 0 Å². The quantitative estimate of drug-likeness (QED) is 0.604. The second kappa shape index (κ2) is 9.21. The van der Waals surface area contributed by atoms with Gasteiger partial charge in [0.15, 0.2) is 5.78 Å². The Labute approximate surface area is 108 Å². The summed E-state index contributed by atoms with van der Waals surface area (Å²) in [6.07, 6.45) is 5.77. The van der Waals surface area contributed by atoms with Gasteiger partial charge in [-0.05, 0) is 36.8 Å². The van der Waals surface area contributed by atoms with E-state index in [1.807, 2.05) is 47.6 Å². The summed E-state index contributed by atoms with van der Waals surface area (Å²) in [5.74, 6) is 0.312. The van der Waals surface area contributed by atoms with Gasteiger partial charge in [-0.25, -0.2) is 0 Å². The molecular weight excluding hydrogens is 208 g/mol. The fourth-order valence-electron chi connectivity index (χ4n) is 1.92. The first-order valence-electron chi connectivity index (χ1n) is 6.86. The maximum absolute atomic E-state index is 11.5. The maximum Gasteiger partial charge on any atom is 0.158 e. The second-order valence-corrected chi connectivity index (χ2v) is 4.35. The zero-order valence-corrected chi connectivity index (χ0v) is 13.0. The van der Waals surface area contributed by atoms with E-state index < -0.39 is 0 Å². The molecule has 1 nitrogen and oxygen atoms in total. The first-order valence-corrected chi connectivity index (χ1v) is 6.86. The van der Waals surface area contributed by atoms with Gasteiger partial charge < -0.3 is 0 Å². The summed E-state index contributed by atoms with van der Waals surface area (Å²) in [5.41, 5.74) is 2.34. The van der Waals surface area contributed by atoms with Crippen LogP contribution in [0.5, 0.6) is 0 Å². The fourth-order valence-corrected chi connectivity index (χ4v) is 1.92. The van der Waals surface area contributed by atoms with Gasteiger partial charge in [0.25, 0.3) is 0 Å². The van der Waals surface area contributed by atoms with Crippen molar-refractivity contribution in [3.05, 3.63) is 23.3 Å². The highest BCUT2D eigenvalue weighted by Crippen LogP contribution is 2.39. The summed E-state index contributed by atoms with van der Waals surface area (Å²) < 4.78 is 0. The molecule has 17 heavy (non-hydrogen) atoms. The lowest BCUT2D eigenvalue weighted by Crippen LogP contribution is -2.24. The van der Waals surface area contributed by atoms with Crippen LogP contribution in [0.1, 0.15) is 68.2 Å². The molecule has 0 unspecified atom stereocenters. The highest BCUT2D eigenvalue weighted by molar-refractivity contribution is 5.97. The molecule has 0 radical (unpaired) electrons. The third-order valence-corrected chi connectivity index (χ3v) is 2.86. The molecule has 0 aromatic heterocycles. The van der Waals surface area contributed by atoms with Gasteiger partial charge in [0.1, 0.15) is 0 Å². The summed E-state index contributed by atoms with van der Waals surface area (Å²) in [4.78, 5) is 11.5. The van der Waals surface area contributed by atoms with Gasteiger partial charge in [-0.1, -0.05) is 53.7 Å². The molecule has 0 heterocycles. The van der Waals surface area contributed by atoms with Crippen molar-refractivity contribution in [3.8, 4) is 0 Å². The number of hydrogen-bond acceptors (Lipinski definition) is 1. The van der Waals surface area contributed by atoms with Gasteiger partial charge in [-0.3, -0.25) is 4.79 Å². The number of ketones is 1. The highest BCUT2D eigenvalue weighted by Gasteiger charge is 2.30. The van der Waals surface area contributed by atoms with E-state index in [4.69, 9.17) is 0 Å². The van der Waals surface area contributed by atoms with Crippen molar-refractivity contribution in [1.29, 1.82) is 0 Å². The van der Waals surface area contributed by atoms with Gasteiger partial charge in [-0.15, -0.1) is 0 Å². The monoisotopic (exact) mass is 238 g/mol. The van der Waals surface area contributed by atoms with Gasteiger partial charge in [0, 0.05) is 6.42 Å². The van der Waals surface area contributed by atoms with E-state index in [0.29, 0.717) is 12.2 Å². The molecule has 1 aliphatic carbocycles. The van der Waals surface area contributed by atoms with E-state index in [0.717, 1.165) is 12.0 Å². The number of Topliss-reactive ketones (excluding diaryl/α,β-unsaturated/α-hetero) is 1. The van der Waals surface area contributed by atoms with Gasteiger partial charge >= 0.3 is 0 Å². The molecule has 0 aromatic carbocycles. The number of allylic oxidation sites excluding steroid dienone is 4. The summed E-state index contributed by atoms with van der Waals surface area (Å²) in [5, 5.41) is 0. The van der Waals surface area contributed by atoms with Crippen LogP contribution in [-0.2, 0) is 4.79 Å². The van der Waals surface area contributed by atoms with Crippen molar-refractivity contribution in [3.63, 3.8) is 0 Å². The lowest BCUT2D eigenvalue weighted by molar-refractivity contribution is -0.116. The number of hydrogen-bond donors (Lipinski definition) is 0. The SMILES string of the molecule is C/C=C/C1=C(C)C(=O)CCC1(C)C.CC.CC. The Morgan fingerprint density at radius 1 is 1.12 bits per heavy atom. The Morgan fingerprint density at radius 3 is 2.00 bits per heavy atom. The summed E-state index contributed by atoms with van der Waals surface area (Å²) in [6.45, 7) is 16.4. The van der Waals surface area contributed by atoms with Crippen molar-refractivity contribution in [2.45, 2.75) is 68.2 Å². The highest BCUT2D eigenvalue weighted by atomic mass is 16.1. The number of carbonyl (C=O) groups excluding carboxylic acids is 1. The average molecular weight is 238 g/mol. The number of rotatable bonds is 1. The molecule has 0 saturated heterocycles. The predicted octanol–water partition coefficient (Wildman–Crippen LogP) is 5.32. The Hall–Kier alpha value is -0.850. The molecule has 0 atom stereocenters. The van der Waals surface area contributed by atoms with E-state index >= 15 is 0 Å².